The molecule has 0 spiro atoms. The molecule has 2 aromatic rings. The zero-order valence-corrected chi connectivity index (χ0v) is 10.2. The van der Waals surface area contributed by atoms with Crippen molar-refractivity contribution in [2.75, 3.05) is 0 Å². The fraction of sp³-hybridized carbons (Fsp3) is 0.182. The number of aromatic amines is 1. The van der Waals surface area contributed by atoms with Crippen molar-refractivity contribution in [1.82, 2.24) is 4.98 Å². The second-order valence-corrected chi connectivity index (χ2v) is 4.62. The Bertz CT molecular complexity index is 580. The summed E-state index contributed by atoms with van der Waals surface area (Å²) in [6.45, 7) is 0. The quantitative estimate of drug-likeness (QED) is 0.803. The summed E-state index contributed by atoms with van der Waals surface area (Å²) in [6, 6.07) is 2.43. The van der Waals surface area contributed by atoms with Gasteiger partial charge in [0.05, 0.1) is 10.5 Å². The third-order valence-electron chi connectivity index (χ3n) is 2.55. The molecule has 1 unspecified atom stereocenters. The second kappa shape index (κ2) is 4.56. The molecule has 0 amide bonds. The Morgan fingerprint density at radius 3 is 2.82 bits per heavy atom. The molecule has 2 rings (SSSR count). The Balaban J connectivity index is 2.45. The average molecular weight is 273 g/mol. The monoisotopic (exact) mass is 272 g/mol. The maximum atomic E-state index is 10.7. The molecule has 90 valence electrons. The lowest BCUT2D eigenvalue weighted by Gasteiger charge is -2.05. The summed E-state index contributed by atoms with van der Waals surface area (Å²) < 4.78 is 0. The second-order valence-electron chi connectivity index (χ2n) is 3.77. The smallest absolute Gasteiger partial charge is 0.320 e. The van der Waals surface area contributed by atoms with Crippen LogP contribution in [0, 0.1) is 0 Å². The summed E-state index contributed by atoms with van der Waals surface area (Å²) in [5.41, 5.74) is 7.03. The standard InChI is InChI=1S/C11H10Cl2N2O2/c12-6-2-7-5(1-9(14)11(16)17)4-15-10(7)8(13)3-6/h2-4,9,15H,1,14H2,(H,16,17). The van der Waals surface area contributed by atoms with Crippen LogP contribution >= 0.6 is 23.2 Å². The summed E-state index contributed by atoms with van der Waals surface area (Å²) in [6.07, 6.45) is 1.93. The number of halogens is 2. The summed E-state index contributed by atoms with van der Waals surface area (Å²) in [4.78, 5) is 13.7. The van der Waals surface area contributed by atoms with Crippen molar-refractivity contribution >= 4 is 40.1 Å². The molecule has 6 heteroatoms. The van der Waals surface area contributed by atoms with Crippen LogP contribution in [0.1, 0.15) is 5.56 Å². The van der Waals surface area contributed by atoms with Crippen LogP contribution in [-0.4, -0.2) is 22.1 Å². The first-order chi connectivity index (χ1) is 7.99. The number of hydrogen-bond donors (Lipinski definition) is 3. The maximum absolute atomic E-state index is 10.7. The predicted octanol–water partition coefficient (Wildman–Crippen LogP) is 2.43. The number of hydrogen-bond acceptors (Lipinski definition) is 2. The van der Waals surface area contributed by atoms with Crippen LogP contribution < -0.4 is 5.73 Å². The van der Waals surface area contributed by atoms with Gasteiger partial charge in [-0.25, -0.2) is 0 Å². The van der Waals surface area contributed by atoms with Gasteiger partial charge in [-0.2, -0.15) is 0 Å². The van der Waals surface area contributed by atoms with Crippen LogP contribution in [0.3, 0.4) is 0 Å². The normalized spacial score (nSPS) is 12.9. The Hall–Kier alpha value is -1.23. The SMILES string of the molecule is NC(Cc1c[nH]c2c(Cl)cc(Cl)cc12)C(=O)O. The number of H-pyrrole nitrogens is 1. The van der Waals surface area contributed by atoms with Crippen LogP contribution in [-0.2, 0) is 11.2 Å². The van der Waals surface area contributed by atoms with E-state index in [0.717, 1.165) is 16.5 Å². The van der Waals surface area contributed by atoms with E-state index >= 15 is 0 Å². The number of rotatable bonds is 3. The average Bonchev–Trinajstić information content (AvgIpc) is 2.61. The van der Waals surface area contributed by atoms with Crippen molar-refractivity contribution in [2.24, 2.45) is 5.73 Å². The van der Waals surface area contributed by atoms with E-state index in [-0.39, 0.29) is 6.42 Å². The van der Waals surface area contributed by atoms with Crippen molar-refractivity contribution in [3.05, 3.63) is 33.9 Å². The van der Waals surface area contributed by atoms with Gasteiger partial charge in [0.25, 0.3) is 0 Å². The van der Waals surface area contributed by atoms with Crippen molar-refractivity contribution in [2.45, 2.75) is 12.5 Å². The number of nitrogens with two attached hydrogens (primary N) is 1. The van der Waals surface area contributed by atoms with E-state index in [2.05, 4.69) is 4.98 Å². The minimum atomic E-state index is -1.03. The molecule has 1 aromatic carbocycles. The number of benzene rings is 1. The lowest BCUT2D eigenvalue weighted by Crippen LogP contribution is -2.32. The number of carboxylic acids is 1. The highest BCUT2D eigenvalue weighted by Gasteiger charge is 2.16. The molecular formula is C11H10Cl2N2O2. The van der Waals surface area contributed by atoms with Crippen LogP contribution in [0.25, 0.3) is 10.9 Å². The summed E-state index contributed by atoms with van der Waals surface area (Å²) in [7, 11) is 0. The highest BCUT2D eigenvalue weighted by Crippen LogP contribution is 2.29. The molecule has 0 saturated heterocycles. The molecule has 1 aromatic heterocycles. The van der Waals surface area contributed by atoms with Crippen LogP contribution in [0.2, 0.25) is 10.0 Å². The molecule has 0 aliphatic carbocycles. The molecule has 0 aliphatic heterocycles. The van der Waals surface area contributed by atoms with Crippen LogP contribution in [0.4, 0.5) is 0 Å². The van der Waals surface area contributed by atoms with E-state index in [4.69, 9.17) is 34.0 Å². The van der Waals surface area contributed by atoms with Crippen molar-refractivity contribution < 1.29 is 9.90 Å². The van der Waals surface area contributed by atoms with Gasteiger partial charge in [-0.1, -0.05) is 23.2 Å². The third-order valence-corrected chi connectivity index (χ3v) is 3.07. The van der Waals surface area contributed by atoms with Crippen molar-refractivity contribution in [3.63, 3.8) is 0 Å². The van der Waals surface area contributed by atoms with Gasteiger partial charge in [0.15, 0.2) is 0 Å². The molecule has 4 N–H and O–H groups in total. The van der Waals surface area contributed by atoms with Gasteiger partial charge in [0.1, 0.15) is 6.04 Å². The number of aromatic nitrogens is 1. The first-order valence-corrected chi connectivity index (χ1v) is 5.68. The number of carbonyl (C=O) groups is 1. The Kier molecular flexibility index (Phi) is 3.28. The van der Waals surface area contributed by atoms with Crippen LogP contribution in [0.5, 0.6) is 0 Å². The molecule has 0 saturated carbocycles. The van der Waals surface area contributed by atoms with E-state index < -0.39 is 12.0 Å². The highest BCUT2D eigenvalue weighted by atomic mass is 35.5. The first kappa shape index (κ1) is 12.2. The Labute approximate surface area is 107 Å². The molecule has 0 bridgehead atoms. The zero-order valence-electron chi connectivity index (χ0n) is 8.71. The molecule has 1 atom stereocenters. The van der Waals surface area contributed by atoms with Crippen molar-refractivity contribution in [3.8, 4) is 0 Å². The predicted molar refractivity (Wildman–Crippen MR) is 67.6 cm³/mol. The topological polar surface area (TPSA) is 79.1 Å². The van der Waals surface area contributed by atoms with E-state index in [1.165, 1.54) is 0 Å². The molecule has 0 aliphatic rings. The lowest BCUT2D eigenvalue weighted by atomic mass is 10.1. The van der Waals surface area contributed by atoms with Gasteiger partial charge in [-0.3, -0.25) is 4.79 Å². The minimum absolute atomic E-state index is 0.228. The zero-order chi connectivity index (χ0) is 12.6. The fourth-order valence-corrected chi connectivity index (χ4v) is 2.25. The van der Waals surface area contributed by atoms with Gasteiger partial charge in [0.2, 0.25) is 0 Å². The number of nitrogens with one attached hydrogen (secondary N) is 1. The van der Waals surface area contributed by atoms with Gasteiger partial charge in [-0.05, 0) is 17.7 Å². The van der Waals surface area contributed by atoms with E-state index in [1.54, 1.807) is 18.3 Å². The van der Waals surface area contributed by atoms with E-state index in [0.29, 0.717) is 10.0 Å². The Morgan fingerprint density at radius 1 is 1.47 bits per heavy atom. The summed E-state index contributed by atoms with van der Waals surface area (Å²) in [5.74, 6) is -1.03. The third kappa shape index (κ3) is 2.39. The van der Waals surface area contributed by atoms with Gasteiger partial charge in [-0.15, -0.1) is 0 Å². The van der Waals surface area contributed by atoms with Crippen LogP contribution in [0.15, 0.2) is 18.3 Å². The number of carboxylic acid groups (broad SMARTS) is 1. The highest BCUT2D eigenvalue weighted by molar-refractivity contribution is 6.38. The first-order valence-electron chi connectivity index (χ1n) is 4.92. The Morgan fingerprint density at radius 2 is 2.18 bits per heavy atom. The summed E-state index contributed by atoms with van der Waals surface area (Å²) in [5, 5.41) is 10.6. The summed E-state index contributed by atoms with van der Waals surface area (Å²) >= 11 is 11.9. The lowest BCUT2D eigenvalue weighted by molar-refractivity contribution is -0.138. The van der Waals surface area contributed by atoms with Gasteiger partial charge < -0.3 is 15.8 Å². The molecule has 17 heavy (non-hydrogen) atoms. The van der Waals surface area contributed by atoms with E-state index in [1.807, 2.05) is 0 Å². The molecule has 0 radical (unpaired) electrons. The van der Waals surface area contributed by atoms with Crippen molar-refractivity contribution in [1.29, 1.82) is 0 Å². The van der Waals surface area contributed by atoms with E-state index in [9.17, 15) is 4.79 Å². The van der Waals surface area contributed by atoms with Gasteiger partial charge in [0, 0.05) is 23.0 Å². The number of aliphatic carboxylic acids is 1. The molecule has 0 fully saturated rings. The largest absolute Gasteiger partial charge is 0.480 e. The molecule has 4 nitrogen and oxygen atoms in total. The maximum Gasteiger partial charge on any atom is 0.320 e. The number of fused-ring (bicyclic) bond motifs is 1. The fourth-order valence-electron chi connectivity index (χ4n) is 1.70. The molecular weight excluding hydrogens is 263 g/mol. The minimum Gasteiger partial charge on any atom is -0.480 e. The molecule has 1 heterocycles. The van der Waals surface area contributed by atoms with Gasteiger partial charge >= 0.3 is 5.97 Å².